The number of benzene rings is 2. The molecular weight excluding hydrogens is 380 g/mol. The molecule has 1 aliphatic heterocycles. The number of rotatable bonds is 4. The van der Waals surface area contributed by atoms with Crippen LogP contribution in [0.2, 0.25) is 0 Å². The third-order valence-corrected chi connectivity index (χ3v) is 8.60. The highest BCUT2D eigenvalue weighted by Crippen LogP contribution is 2.33. The largest absolute Gasteiger partial charge is 0.369 e. The third-order valence-electron chi connectivity index (χ3n) is 6.69. The van der Waals surface area contributed by atoms with Crippen molar-refractivity contribution in [3.63, 3.8) is 0 Å². The first-order valence-electron chi connectivity index (χ1n) is 10.9. The van der Waals surface area contributed by atoms with Crippen LogP contribution in [0.25, 0.3) is 0 Å². The molecule has 0 radical (unpaired) electrons. The Hall–Kier alpha value is -1.85. The third kappa shape index (κ3) is 4.36. The van der Waals surface area contributed by atoms with Crippen molar-refractivity contribution < 1.29 is 8.42 Å². The molecule has 29 heavy (non-hydrogen) atoms. The summed E-state index contributed by atoms with van der Waals surface area (Å²) in [6.07, 6.45) is 6.36. The lowest BCUT2D eigenvalue weighted by molar-refractivity contribution is 0.385. The minimum atomic E-state index is -3.42. The lowest BCUT2D eigenvalue weighted by Gasteiger charge is -2.35. The molecule has 0 atom stereocenters. The molecule has 2 fully saturated rings. The minimum absolute atomic E-state index is 0.427. The van der Waals surface area contributed by atoms with Crippen LogP contribution in [0.15, 0.2) is 47.4 Å². The highest BCUT2D eigenvalue weighted by atomic mass is 32.2. The molecule has 0 bridgehead atoms. The molecule has 2 aromatic carbocycles. The molecule has 2 aliphatic rings. The minimum Gasteiger partial charge on any atom is -0.369 e. The maximum atomic E-state index is 13.1. The summed E-state index contributed by atoms with van der Waals surface area (Å²) < 4.78 is 27.9. The number of hydrogen-bond acceptors (Lipinski definition) is 3. The molecule has 0 N–H and O–H groups in total. The predicted octanol–water partition coefficient (Wildman–Crippen LogP) is 4.86. The fourth-order valence-electron chi connectivity index (χ4n) is 4.61. The number of hydrogen-bond donors (Lipinski definition) is 0. The molecule has 0 unspecified atom stereocenters. The van der Waals surface area contributed by atoms with Gasteiger partial charge in [0.25, 0.3) is 0 Å². The Kier molecular flexibility index (Phi) is 5.98. The van der Waals surface area contributed by atoms with Crippen molar-refractivity contribution in [3.8, 4) is 0 Å². The van der Waals surface area contributed by atoms with Crippen LogP contribution in [0, 0.1) is 13.8 Å². The van der Waals surface area contributed by atoms with Gasteiger partial charge in [0.2, 0.25) is 10.0 Å². The first-order chi connectivity index (χ1) is 13.9. The maximum absolute atomic E-state index is 13.1. The number of anilines is 1. The van der Waals surface area contributed by atoms with Crippen molar-refractivity contribution in [1.82, 2.24) is 4.31 Å². The average molecular weight is 413 g/mol. The molecule has 1 heterocycles. The van der Waals surface area contributed by atoms with Crippen LogP contribution in [0.3, 0.4) is 0 Å². The van der Waals surface area contributed by atoms with Crippen molar-refractivity contribution in [2.45, 2.75) is 56.8 Å². The van der Waals surface area contributed by atoms with Gasteiger partial charge in [-0.05, 0) is 73.6 Å². The van der Waals surface area contributed by atoms with Crippen LogP contribution in [0.5, 0.6) is 0 Å². The summed E-state index contributed by atoms with van der Waals surface area (Å²) in [7, 11) is -3.42. The van der Waals surface area contributed by atoms with Gasteiger partial charge in [-0.2, -0.15) is 4.31 Å². The summed E-state index contributed by atoms with van der Waals surface area (Å²) in [5, 5.41) is 0. The molecule has 1 saturated heterocycles. The van der Waals surface area contributed by atoms with E-state index in [1.54, 1.807) is 4.31 Å². The molecule has 0 amide bonds. The Morgan fingerprint density at radius 2 is 1.45 bits per heavy atom. The van der Waals surface area contributed by atoms with Gasteiger partial charge in [0.05, 0.1) is 4.90 Å². The van der Waals surface area contributed by atoms with E-state index >= 15 is 0 Å². The van der Waals surface area contributed by atoms with Crippen molar-refractivity contribution in [3.05, 3.63) is 59.2 Å². The van der Waals surface area contributed by atoms with E-state index in [0.717, 1.165) is 13.1 Å². The standard InChI is InChI=1S/C24H32N2O2S/c1-19-8-11-23(18-20(19)2)25-14-16-26(17-15-25)29(27,28)24-12-9-22(10-13-24)21-6-4-3-5-7-21/h8-13,18,21H,3-7,14-17H2,1-2H3. The fourth-order valence-corrected chi connectivity index (χ4v) is 6.03. The summed E-state index contributed by atoms with van der Waals surface area (Å²) in [6, 6.07) is 14.2. The average Bonchev–Trinajstić information content (AvgIpc) is 2.76. The van der Waals surface area contributed by atoms with Crippen LogP contribution in [-0.4, -0.2) is 38.9 Å². The quantitative estimate of drug-likeness (QED) is 0.720. The highest BCUT2D eigenvalue weighted by molar-refractivity contribution is 7.89. The van der Waals surface area contributed by atoms with E-state index in [4.69, 9.17) is 0 Å². The molecule has 1 saturated carbocycles. The van der Waals surface area contributed by atoms with Gasteiger partial charge in [0.1, 0.15) is 0 Å². The van der Waals surface area contributed by atoms with Gasteiger partial charge in [0.15, 0.2) is 0 Å². The number of piperazine rings is 1. The van der Waals surface area contributed by atoms with Crippen LogP contribution < -0.4 is 4.90 Å². The Morgan fingerprint density at radius 3 is 2.07 bits per heavy atom. The van der Waals surface area contributed by atoms with E-state index in [2.05, 4.69) is 36.9 Å². The van der Waals surface area contributed by atoms with Gasteiger partial charge in [-0.3, -0.25) is 0 Å². The number of aryl methyl sites for hydroxylation is 2. The molecule has 0 aromatic heterocycles. The van der Waals surface area contributed by atoms with Crippen molar-refractivity contribution in [2.24, 2.45) is 0 Å². The van der Waals surface area contributed by atoms with E-state index in [1.807, 2.05) is 24.3 Å². The summed E-state index contributed by atoms with van der Waals surface area (Å²) in [5.41, 5.74) is 5.03. The molecule has 1 aliphatic carbocycles. The smallest absolute Gasteiger partial charge is 0.243 e. The zero-order chi connectivity index (χ0) is 20.4. The number of nitrogens with zero attached hydrogens (tertiary/aromatic N) is 2. The molecule has 4 nitrogen and oxygen atoms in total. The van der Waals surface area contributed by atoms with Crippen molar-refractivity contribution >= 4 is 15.7 Å². The van der Waals surface area contributed by atoms with Gasteiger partial charge in [-0.25, -0.2) is 8.42 Å². The van der Waals surface area contributed by atoms with E-state index in [9.17, 15) is 8.42 Å². The van der Waals surface area contributed by atoms with Crippen molar-refractivity contribution in [1.29, 1.82) is 0 Å². The molecule has 4 rings (SSSR count). The first-order valence-corrected chi connectivity index (χ1v) is 12.3. The summed E-state index contributed by atoms with van der Waals surface area (Å²) >= 11 is 0. The van der Waals surface area contributed by atoms with Gasteiger partial charge >= 0.3 is 0 Å². The fraction of sp³-hybridized carbons (Fsp3) is 0.500. The topological polar surface area (TPSA) is 40.6 Å². The normalized spacial score (nSPS) is 19.4. The SMILES string of the molecule is Cc1ccc(N2CCN(S(=O)(=O)c3ccc(C4CCCCC4)cc3)CC2)cc1C. The van der Waals surface area contributed by atoms with Crippen molar-refractivity contribution in [2.75, 3.05) is 31.1 Å². The Labute approximate surface area is 175 Å². The number of sulfonamides is 1. The second-order valence-corrected chi connectivity index (χ2v) is 10.5. The van der Waals surface area contributed by atoms with Gasteiger partial charge < -0.3 is 4.90 Å². The van der Waals surface area contributed by atoms with Crippen LogP contribution >= 0.6 is 0 Å². The molecule has 2 aromatic rings. The van der Waals surface area contributed by atoms with Gasteiger partial charge in [0, 0.05) is 31.9 Å². The second kappa shape index (κ2) is 8.49. The lowest BCUT2D eigenvalue weighted by atomic mass is 9.84. The molecule has 156 valence electrons. The highest BCUT2D eigenvalue weighted by Gasteiger charge is 2.29. The van der Waals surface area contributed by atoms with Crippen LogP contribution in [-0.2, 0) is 10.0 Å². The summed E-state index contributed by atoms with van der Waals surface area (Å²) in [6.45, 7) is 6.74. The molecule has 0 spiro atoms. The van der Waals surface area contributed by atoms with E-state index in [0.29, 0.717) is 23.9 Å². The zero-order valence-electron chi connectivity index (χ0n) is 17.6. The molecular formula is C24H32N2O2S. The zero-order valence-corrected chi connectivity index (χ0v) is 18.4. The van der Waals surface area contributed by atoms with Gasteiger partial charge in [-0.1, -0.05) is 37.5 Å². The van der Waals surface area contributed by atoms with E-state index in [-0.39, 0.29) is 0 Å². The van der Waals surface area contributed by atoms with Gasteiger partial charge in [-0.15, -0.1) is 0 Å². The summed E-state index contributed by atoms with van der Waals surface area (Å²) in [4.78, 5) is 2.71. The maximum Gasteiger partial charge on any atom is 0.243 e. The monoisotopic (exact) mass is 412 g/mol. The first kappa shape index (κ1) is 20.4. The van der Waals surface area contributed by atoms with Crippen LogP contribution in [0.1, 0.15) is 54.7 Å². The van der Waals surface area contributed by atoms with E-state index in [1.165, 1.54) is 54.5 Å². The molecule has 5 heteroatoms. The Morgan fingerprint density at radius 1 is 0.793 bits per heavy atom. The van der Waals surface area contributed by atoms with Crippen LogP contribution in [0.4, 0.5) is 5.69 Å². The predicted molar refractivity (Wildman–Crippen MR) is 119 cm³/mol. The van der Waals surface area contributed by atoms with E-state index < -0.39 is 10.0 Å². The Balaban J connectivity index is 1.42. The Bertz CT molecular complexity index is 939. The summed E-state index contributed by atoms with van der Waals surface area (Å²) in [5.74, 6) is 0.599. The second-order valence-electron chi connectivity index (χ2n) is 8.56. The lowest BCUT2D eigenvalue weighted by Crippen LogP contribution is -2.48.